The van der Waals surface area contributed by atoms with Crippen molar-refractivity contribution in [2.75, 3.05) is 25.6 Å². The van der Waals surface area contributed by atoms with Gasteiger partial charge in [-0.1, -0.05) is 0 Å². The number of rotatable bonds is 4. The smallest absolute Gasteiger partial charge is 0.411 e. The first kappa shape index (κ1) is 10.5. The van der Waals surface area contributed by atoms with Gasteiger partial charge in [-0.3, -0.25) is 10.3 Å². The van der Waals surface area contributed by atoms with Crippen molar-refractivity contribution < 1.29 is 14.3 Å². The lowest BCUT2D eigenvalue weighted by atomic mass is 10.4. The number of carbonyl (C=O) groups excluding carboxylic acids is 1. The van der Waals surface area contributed by atoms with Crippen molar-refractivity contribution in [3.8, 4) is 0 Å². The summed E-state index contributed by atoms with van der Waals surface area (Å²) >= 11 is 0. The van der Waals surface area contributed by atoms with Gasteiger partial charge in [-0.25, -0.2) is 4.79 Å². The Morgan fingerprint density at radius 2 is 2.14 bits per heavy atom. The number of pyridine rings is 1. The Morgan fingerprint density at radius 1 is 1.43 bits per heavy atom. The van der Waals surface area contributed by atoms with Gasteiger partial charge in [0.15, 0.2) is 0 Å². The molecule has 0 spiro atoms. The summed E-state index contributed by atoms with van der Waals surface area (Å²) in [6.45, 7) is 0.636. The van der Waals surface area contributed by atoms with Crippen LogP contribution in [0.5, 0.6) is 0 Å². The highest BCUT2D eigenvalue weighted by Crippen LogP contribution is 2.03. The molecule has 1 rings (SSSR count). The maximum Gasteiger partial charge on any atom is 0.411 e. The zero-order valence-electron chi connectivity index (χ0n) is 7.90. The SMILES string of the molecule is COCCOC(=O)Nc1ccncc1. The van der Waals surface area contributed by atoms with Crippen LogP contribution in [0.4, 0.5) is 10.5 Å². The van der Waals surface area contributed by atoms with Crippen LogP contribution in [0.15, 0.2) is 24.5 Å². The molecule has 0 aliphatic carbocycles. The molecule has 0 saturated heterocycles. The molecule has 0 bridgehead atoms. The molecule has 0 saturated carbocycles. The summed E-state index contributed by atoms with van der Waals surface area (Å²) < 4.78 is 9.52. The zero-order valence-corrected chi connectivity index (χ0v) is 7.90. The molecule has 1 heterocycles. The third-order valence-corrected chi connectivity index (χ3v) is 1.45. The van der Waals surface area contributed by atoms with E-state index in [1.807, 2.05) is 0 Å². The van der Waals surface area contributed by atoms with E-state index in [4.69, 9.17) is 9.47 Å². The summed E-state index contributed by atoms with van der Waals surface area (Å²) in [5, 5.41) is 2.54. The fourth-order valence-electron chi connectivity index (χ4n) is 0.807. The van der Waals surface area contributed by atoms with E-state index in [-0.39, 0.29) is 6.61 Å². The number of aromatic nitrogens is 1. The molecular weight excluding hydrogens is 184 g/mol. The van der Waals surface area contributed by atoms with Gasteiger partial charge >= 0.3 is 6.09 Å². The maximum absolute atomic E-state index is 11.1. The predicted octanol–water partition coefficient (Wildman–Crippen LogP) is 1.28. The van der Waals surface area contributed by atoms with Crippen LogP contribution >= 0.6 is 0 Å². The zero-order chi connectivity index (χ0) is 10.2. The van der Waals surface area contributed by atoms with Crippen molar-refractivity contribution in [1.29, 1.82) is 0 Å². The molecule has 0 aromatic carbocycles. The van der Waals surface area contributed by atoms with Gasteiger partial charge in [0, 0.05) is 25.2 Å². The lowest BCUT2D eigenvalue weighted by Gasteiger charge is -2.05. The lowest BCUT2D eigenvalue weighted by Crippen LogP contribution is -2.16. The first-order valence-electron chi connectivity index (χ1n) is 4.15. The molecule has 76 valence electrons. The number of hydrogen-bond donors (Lipinski definition) is 1. The quantitative estimate of drug-likeness (QED) is 0.737. The van der Waals surface area contributed by atoms with E-state index in [1.165, 1.54) is 0 Å². The van der Waals surface area contributed by atoms with Gasteiger partial charge in [0.2, 0.25) is 0 Å². The number of anilines is 1. The molecule has 1 N–H and O–H groups in total. The molecule has 5 nitrogen and oxygen atoms in total. The number of carbonyl (C=O) groups is 1. The molecule has 0 atom stereocenters. The first-order valence-corrected chi connectivity index (χ1v) is 4.15. The second-order valence-electron chi connectivity index (χ2n) is 2.49. The highest BCUT2D eigenvalue weighted by molar-refractivity contribution is 5.84. The summed E-state index contributed by atoms with van der Waals surface area (Å²) in [5.74, 6) is 0. The van der Waals surface area contributed by atoms with Crippen LogP contribution < -0.4 is 5.32 Å². The van der Waals surface area contributed by atoms with Gasteiger partial charge in [0.05, 0.1) is 6.61 Å². The molecular formula is C9H12N2O3. The second-order valence-corrected chi connectivity index (χ2v) is 2.49. The van der Waals surface area contributed by atoms with E-state index in [9.17, 15) is 4.79 Å². The number of methoxy groups -OCH3 is 1. The van der Waals surface area contributed by atoms with Gasteiger partial charge < -0.3 is 9.47 Å². The van der Waals surface area contributed by atoms with Crippen molar-refractivity contribution >= 4 is 11.8 Å². The van der Waals surface area contributed by atoms with Crippen LogP contribution in [0.3, 0.4) is 0 Å². The molecule has 0 radical (unpaired) electrons. The van der Waals surface area contributed by atoms with Crippen LogP contribution in [0.25, 0.3) is 0 Å². The van der Waals surface area contributed by atoms with Crippen molar-refractivity contribution in [3.05, 3.63) is 24.5 Å². The summed E-state index contributed by atoms with van der Waals surface area (Å²) in [5.41, 5.74) is 0.655. The van der Waals surface area contributed by atoms with Crippen LogP contribution in [0, 0.1) is 0 Å². The Hall–Kier alpha value is -1.62. The van der Waals surface area contributed by atoms with E-state index >= 15 is 0 Å². The third kappa shape index (κ3) is 3.86. The second kappa shape index (κ2) is 5.93. The molecule has 1 aromatic rings. The van der Waals surface area contributed by atoms with Crippen molar-refractivity contribution in [2.24, 2.45) is 0 Å². The Kier molecular flexibility index (Phi) is 4.43. The molecule has 1 amide bonds. The van der Waals surface area contributed by atoms with E-state index in [1.54, 1.807) is 31.6 Å². The summed E-state index contributed by atoms with van der Waals surface area (Å²) in [7, 11) is 1.55. The van der Waals surface area contributed by atoms with Gasteiger partial charge in [0.25, 0.3) is 0 Å². The standard InChI is InChI=1S/C9H12N2O3/c1-13-6-7-14-9(12)11-8-2-4-10-5-3-8/h2-5H,6-7H2,1H3,(H,10,11,12). The lowest BCUT2D eigenvalue weighted by molar-refractivity contribution is 0.107. The summed E-state index contributed by atoms with van der Waals surface area (Å²) in [6.07, 6.45) is 2.68. The number of ether oxygens (including phenoxy) is 2. The highest BCUT2D eigenvalue weighted by atomic mass is 16.6. The number of nitrogens with one attached hydrogen (secondary N) is 1. The van der Waals surface area contributed by atoms with E-state index < -0.39 is 6.09 Å². The van der Waals surface area contributed by atoms with E-state index in [2.05, 4.69) is 10.3 Å². The minimum atomic E-state index is -0.492. The fourth-order valence-corrected chi connectivity index (χ4v) is 0.807. The number of nitrogens with zero attached hydrogens (tertiary/aromatic N) is 1. The topological polar surface area (TPSA) is 60.5 Å². The molecule has 0 aliphatic heterocycles. The molecule has 0 aliphatic rings. The highest BCUT2D eigenvalue weighted by Gasteiger charge is 2.01. The average molecular weight is 196 g/mol. The summed E-state index contributed by atoms with van der Waals surface area (Å²) in [4.78, 5) is 14.9. The Labute approximate surface area is 82.0 Å². The molecule has 5 heteroatoms. The minimum absolute atomic E-state index is 0.243. The normalized spacial score (nSPS) is 9.50. The third-order valence-electron chi connectivity index (χ3n) is 1.45. The molecule has 1 aromatic heterocycles. The molecule has 14 heavy (non-hydrogen) atoms. The van der Waals surface area contributed by atoms with Gasteiger partial charge in [0.1, 0.15) is 6.61 Å². The van der Waals surface area contributed by atoms with Gasteiger partial charge in [-0.15, -0.1) is 0 Å². The van der Waals surface area contributed by atoms with E-state index in [0.29, 0.717) is 12.3 Å². The van der Waals surface area contributed by atoms with Crippen LogP contribution in [-0.2, 0) is 9.47 Å². The van der Waals surface area contributed by atoms with Gasteiger partial charge in [-0.05, 0) is 12.1 Å². The van der Waals surface area contributed by atoms with Crippen molar-refractivity contribution in [1.82, 2.24) is 4.98 Å². The largest absolute Gasteiger partial charge is 0.447 e. The Balaban J connectivity index is 2.27. The average Bonchev–Trinajstić information content (AvgIpc) is 2.20. The fraction of sp³-hybridized carbons (Fsp3) is 0.333. The van der Waals surface area contributed by atoms with Crippen molar-refractivity contribution in [3.63, 3.8) is 0 Å². The van der Waals surface area contributed by atoms with Crippen molar-refractivity contribution in [2.45, 2.75) is 0 Å². The monoisotopic (exact) mass is 196 g/mol. The van der Waals surface area contributed by atoms with Crippen LogP contribution in [0.2, 0.25) is 0 Å². The Bertz CT molecular complexity index is 277. The summed E-state index contributed by atoms with van der Waals surface area (Å²) in [6, 6.07) is 3.36. The maximum atomic E-state index is 11.1. The van der Waals surface area contributed by atoms with E-state index in [0.717, 1.165) is 0 Å². The Morgan fingerprint density at radius 3 is 2.79 bits per heavy atom. The minimum Gasteiger partial charge on any atom is -0.447 e. The van der Waals surface area contributed by atoms with Crippen LogP contribution in [0.1, 0.15) is 0 Å². The molecule has 0 fully saturated rings. The van der Waals surface area contributed by atoms with Crippen LogP contribution in [-0.4, -0.2) is 31.4 Å². The number of amides is 1. The first-order chi connectivity index (χ1) is 6.83. The van der Waals surface area contributed by atoms with Gasteiger partial charge in [-0.2, -0.15) is 0 Å². The predicted molar refractivity (Wildman–Crippen MR) is 51.1 cm³/mol. The number of hydrogen-bond acceptors (Lipinski definition) is 4. The molecule has 0 unspecified atom stereocenters.